The molecule has 21 heteroatoms. The molecular formula is C39H50O21. The van der Waals surface area contributed by atoms with Crippen molar-refractivity contribution >= 4 is 0 Å². The van der Waals surface area contributed by atoms with Gasteiger partial charge < -0.3 is 105 Å². The maximum atomic E-state index is 11.5. The van der Waals surface area contributed by atoms with Gasteiger partial charge in [-0.15, -0.1) is 0 Å². The summed E-state index contributed by atoms with van der Waals surface area (Å²) in [5.41, 5.74) is 0.567. The molecule has 0 aliphatic carbocycles. The molecule has 0 saturated carbocycles. The number of aliphatic hydroxyl groups excluding tert-OH is 12. The van der Waals surface area contributed by atoms with Crippen molar-refractivity contribution in [1.82, 2.24) is 0 Å². The Morgan fingerprint density at radius 2 is 0.783 bits per heavy atom. The average Bonchev–Trinajstić information content (AvgIpc) is 3.22. The van der Waals surface area contributed by atoms with Gasteiger partial charge >= 0.3 is 0 Å². The quantitative estimate of drug-likeness (QED) is 0.0864. The molecular weight excluding hydrogens is 804 g/mol. The van der Waals surface area contributed by atoms with Crippen molar-refractivity contribution in [2.75, 3.05) is 19.8 Å². The Hall–Kier alpha value is -4.14. The number of rotatable bonds is 12. The van der Waals surface area contributed by atoms with Crippen molar-refractivity contribution in [2.45, 2.75) is 113 Å². The normalized spacial score (nSPS) is 34.5. The number of aromatic hydroxyl groups is 2. The lowest BCUT2D eigenvalue weighted by Crippen LogP contribution is -2.60. The van der Waals surface area contributed by atoms with E-state index in [4.69, 9.17) is 33.2 Å². The highest BCUT2D eigenvalue weighted by molar-refractivity contribution is 5.81. The number of hydrogen-bond acceptors (Lipinski definition) is 21. The highest BCUT2D eigenvalue weighted by Gasteiger charge is 2.47. The average molecular weight is 855 g/mol. The zero-order chi connectivity index (χ0) is 43.9. The molecule has 21 nitrogen and oxygen atoms in total. The molecule has 0 radical (unpaired) electrons. The van der Waals surface area contributed by atoms with E-state index in [-0.39, 0.29) is 62.3 Å². The lowest BCUT2D eigenvalue weighted by molar-refractivity contribution is -0.277. The van der Waals surface area contributed by atoms with Crippen LogP contribution in [-0.2, 0) is 14.2 Å². The van der Waals surface area contributed by atoms with E-state index in [9.17, 15) is 71.5 Å². The molecule has 0 unspecified atom stereocenters. The third kappa shape index (κ3) is 8.92. The van der Waals surface area contributed by atoms with E-state index < -0.39 is 118 Å². The van der Waals surface area contributed by atoms with Crippen molar-refractivity contribution in [1.29, 1.82) is 0 Å². The summed E-state index contributed by atoms with van der Waals surface area (Å²) >= 11 is 0. The third-order valence-corrected chi connectivity index (χ3v) is 10.6. The Bertz CT molecular complexity index is 1960. The van der Waals surface area contributed by atoms with Gasteiger partial charge in [0.25, 0.3) is 0 Å². The number of phenols is 2. The highest BCUT2D eigenvalue weighted by Crippen LogP contribution is 2.48. The highest BCUT2D eigenvalue weighted by atomic mass is 16.7. The molecule has 14 N–H and O–H groups in total. The fourth-order valence-corrected chi connectivity index (χ4v) is 7.03. The van der Waals surface area contributed by atoms with Gasteiger partial charge in [-0.1, -0.05) is 0 Å². The van der Waals surface area contributed by atoms with E-state index in [2.05, 4.69) is 0 Å². The monoisotopic (exact) mass is 854 g/mol. The lowest BCUT2D eigenvalue weighted by atomic mass is 9.97. The minimum atomic E-state index is -1.81. The first kappa shape index (κ1) is 45.4. The van der Waals surface area contributed by atoms with E-state index in [0.717, 1.165) is 0 Å². The van der Waals surface area contributed by atoms with Crippen LogP contribution in [0.3, 0.4) is 0 Å². The fraction of sp³-hybridized carbons (Fsp3) is 0.538. The Kier molecular flexibility index (Phi) is 14.0. The largest absolute Gasteiger partial charge is 0.507 e. The van der Waals surface area contributed by atoms with Crippen LogP contribution in [0.1, 0.15) is 16.7 Å². The minimum absolute atomic E-state index is 0.00625. The third-order valence-electron chi connectivity index (χ3n) is 10.6. The second-order valence-electron chi connectivity index (χ2n) is 14.9. The molecule has 60 heavy (non-hydrogen) atoms. The molecule has 0 spiro atoms. The number of aliphatic hydroxyl groups is 12. The second-order valence-corrected chi connectivity index (χ2v) is 14.9. The summed E-state index contributed by atoms with van der Waals surface area (Å²) in [6.07, 6.45) is -24.4. The second kappa shape index (κ2) is 18.5. The Morgan fingerprint density at radius 3 is 1.18 bits per heavy atom. The molecule has 0 aromatic heterocycles. The Labute approximate surface area is 341 Å². The molecule has 3 aromatic rings. The van der Waals surface area contributed by atoms with Gasteiger partial charge in [-0.25, -0.2) is 0 Å². The van der Waals surface area contributed by atoms with Gasteiger partial charge in [0, 0.05) is 17.2 Å². The van der Waals surface area contributed by atoms with Crippen LogP contribution in [0.4, 0.5) is 0 Å². The smallest absolute Gasteiger partial charge is 0.229 e. The first-order valence-corrected chi connectivity index (χ1v) is 18.8. The molecule has 3 fully saturated rings. The van der Waals surface area contributed by atoms with E-state index in [1.165, 1.54) is 57.2 Å². The topological polar surface area (TPSA) is 348 Å². The number of hydrogen-bond donors (Lipinski definition) is 14. The van der Waals surface area contributed by atoms with Crippen LogP contribution in [0.2, 0.25) is 0 Å². The minimum Gasteiger partial charge on any atom is -0.507 e. The number of benzene rings is 3. The van der Waals surface area contributed by atoms with Gasteiger partial charge in [0.05, 0.1) is 19.8 Å². The standard InChI is InChI=1S/C39H50O21/c1-13-4-16(54-37-33(51)30(48)27(45)22(10-40)58-37)7-19(25(13)43)20-8-17(55-38-34(52)31(49)28(46)23(11-41)59-38)6-15(3)36(20)57-21-9-18(5-14(2)26(21)44)56-39-35(53)32(50)29(47)24(12-42)60-39/h4-9,22-24,27-35,37-53H,10-12H2,1-3H3/t22-,23-,24+,27+,28+,29-,30-,31-,32+,33+,34+,35+,37-,38-,39+/m0/s1. The summed E-state index contributed by atoms with van der Waals surface area (Å²) < 4.78 is 40.4. The molecule has 3 aromatic carbocycles. The van der Waals surface area contributed by atoms with Gasteiger partial charge in [-0.3, -0.25) is 0 Å². The predicted octanol–water partition coefficient (Wildman–Crippen LogP) is -2.98. The van der Waals surface area contributed by atoms with Crippen molar-refractivity contribution in [3.05, 3.63) is 53.1 Å². The van der Waals surface area contributed by atoms with Crippen LogP contribution in [0, 0.1) is 20.8 Å². The number of phenolic OH excluding ortho intramolecular Hbond substituents is 2. The zero-order valence-electron chi connectivity index (χ0n) is 32.4. The van der Waals surface area contributed by atoms with Gasteiger partial charge in [-0.05, 0) is 67.8 Å². The van der Waals surface area contributed by atoms with E-state index in [0.29, 0.717) is 0 Å². The maximum absolute atomic E-state index is 11.5. The Morgan fingerprint density at radius 1 is 0.433 bits per heavy atom. The van der Waals surface area contributed by atoms with Gasteiger partial charge in [-0.2, -0.15) is 0 Å². The predicted molar refractivity (Wildman–Crippen MR) is 199 cm³/mol. The van der Waals surface area contributed by atoms with E-state index in [1.807, 2.05) is 0 Å². The lowest BCUT2D eigenvalue weighted by Gasteiger charge is -2.39. The summed E-state index contributed by atoms with van der Waals surface area (Å²) in [5, 5.41) is 145. The molecule has 0 bridgehead atoms. The summed E-state index contributed by atoms with van der Waals surface area (Å²) in [6.45, 7) is 2.34. The van der Waals surface area contributed by atoms with Crippen molar-refractivity contribution in [3.8, 4) is 51.4 Å². The molecule has 3 aliphatic rings. The van der Waals surface area contributed by atoms with Crippen LogP contribution in [0.25, 0.3) is 11.1 Å². The van der Waals surface area contributed by atoms with Crippen molar-refractivity contribution < 1.29 is 105 Å². The Balaban J connectivity index is 1.42. The van der Waals surface area contributed by atoms with Crippen LogP contribution in [-0.4, -0.2) is 183 Å². The molecule has 0 amide bonds. The molecule has 15 atom stereocenters. The number of ether oxygens (including phenoxy) is 7. The number of aryl methyl sites for hydroxylation is 3. The molecule has 332 valence electrons. The maximum Gasteiger partial charge on any atom is 0.229 e. The first-order valence-electron chi connectivity index (χ1n) is 18.8. The SMILES string of the molecule is Cc1cc(O[C@@H]2O[C@H](CO)[C@H](O)[C@@H](O)[C@H]2O)cc(Oc2c(C)cc(O[C@H]3O[C@@H](CO)[C@@H](O)[C@H](O)[C@H]3O)cc2-c2cc(O[C@H]3O[C@@H](CO)[C@@H](O)[C@H](O)[C@H]3O)cc(C)c2O)c1O. The van der Waals surface area contributed by atoms with Crippen LogP contribution in [0.15, 0.2) is 36.4 Å². The fourth-order valence-electron chi connectivity index (χ4n) is 7.03. The van der Waals surface area contributed by atoms with Gasteiger partial charge in [0.2, 0.25) is 18.9 Å². The van der Waals surface area contributed by atoms with E-state index in [1.54, 1.807) is 0 Å². The van der Waals surface area contributed by atoms with E-state index >= 15 is 0 Å². The van der Waals surface area contributed by atoms with Crippen LogP contribution < -0.4 is 18.9 Å². The molecule has 6 rings (SSSR count). The molecule has 3 heterocycles. The summed E-state index contributed by atoms with van der Waals surface area (Å²) in [6, 6.07) is 7.91. The zero-order valence-corrected chi connectivity index (χ0v) is 32.4. The van der Waals surface area contributed by atoms with Gasteiger partial charge in [0.1, 0.15) is 102 Å². The molecule has 3 aliphatic heterocycles. The van der Waals surface area contributed by atoms with Crippen molar-refractivity contribution in [3.63, 3.8) is 0 Å². The summed E-state index contributed by atoms with van der Waals surface area (Å²) in [4.78, 5) is 0. The van der Waals surface area contributed by atoms with Gasteiger partial charge in [0.15, 0.2) is 11.5 Å². The van der Waals surface area contributed by atoms with Crippen molar-refractivity contribution in [2.24, 2.45) is 0 Å². The summed E-state index contributed by atoms with van der Waals surface area (Å²) in [5.74, 6) is -1.28. The molecule has 3 saturated heterocycles. The van der Waals surface area contributed by atoms with Crippen LogP contribution in [0.5, 0.6) is 40.2 Å². The summed E-state index contributed by atoms with van der Waals surface area (Å²) in [7, 11) is 0. The van der Waals surface area contributed by atoms with Crippen LogP contribution >= 0.6 is 0 Å². The first-order chi connectivity index (χ1) is 28.4.